The molecule has 0 aliphatic carbocycles. The lowest BCUT2D eigenvalue weighted by atomic mass is 10.2. The lowest BCUT2D eigenvalue weighted by Gasteiger charge is -1.95. The molecule has 0 fully saturated rings. The first kappa shape index (κ1) is 9.97. The molecule has 2 rings (SSSR count). The fourth-order valence-electron chi connectivity index (χ4n) is 1.41. The monoisotopic (exact) mass is 225 g/mol. The molecule has 0 unspecified atom stereocenters. The first-order valence-corrected chi connectivity index (χ1v) is 5.88. The van der Waals surface area contributed by atoms with E-state index in [1.54, 1.807) is 11.3 Å². The van der Waals surface area contributed by atoms with Crippen LogP contribution in [0.3, 0.4) is 0 Å². The van der Waals surface area contributed by atoms with Crippen molar-refractivity contribution in [2.24, 2.45) is 0 Å². The molecule has 1 heterocycles. The van der Waals surface area contributed by atoms with E-state index in [1.807, 2.05) is 12.1 Å². The number of fused-ring (bicyclic) bond motifs is 1. The minimum Gasteiger partial charge on any atom is -0.312 e. The Morgan fingerprint density at radius 1 is 1.43 bits per heavy atom. The van der Waals surface area contributed by atoms with Crippen LogP contribution in [0, 0.1) is 0 Å². The molecule has 0 amide bonds. The van der Waals surface area contributed by atoms with Crippen LogP contribution >= 0.6 is 22.9 Å². The predicted molar refractivity (Wildman–Crippen MR) is 64.2 cm³/mol. The summed E-state index contributed by atoms with van der Waals surface area (Å²) in [5.74, 6) is 0. The van der Waals surface area contributed by atoms with Gasteiger partial charge < -0.3 is 5.32 Å². The second-order valence-corrected chi connectivity index (χ2v) is 4.72. The lowest BCUT2D eigenvalue weighted by Crippen LogP contribution is -2.10. The first-order valence-electron chi connectivity index (χ1n) is 4.69. The Balaban J connectivity index is 2.36. The molecular formula is C11H12ClNS. The second kappa shape index (κ2) is 4.30. The van der Waals surface area contributed by atoms with E-state index < -0.39 is 0 Å². The van der Waals surface area contributed by atoms with Gasteiger partial charge in [0.25, 0.3) is 0 Å². The van der Waals surface area contributed by atoms with Crippen molar-refractivity contribution in [2.75, 3.05) is 6.54 Å². The van der Waals surface area contributed by atoms with E-state index in [0.717, 1.165) is 18.1 Å². The Morgan fingerprint density at radius 3 is 3.00 bits per heavy atom. The molecule has 0 aliphatic rings. The summed E-state index contributed by atoms with van der Waals surface area (Å²) in [4.78, 5) is 1.34. The third-order valence-corrected chi connectivity index (χ3v) is 3.54. The summed E-state index contributed by atoms with van der Waals surface area (Å²) >= 11 is 7.90. The van der Waals surface area contributed by atoms with Crippen LogP contribution in [0.25, 0.3) is 10.1 Å². The Labute approximate surface area is 92.7 Å². The number of benzene rings is 1. The fourth-order valence-corrected chi connectivity index (χ4v) is 2.76. The highest BCUT2D eigenvalue weighted by atomic mass is 35.5. The molecule has 1 N–H and O–H groups in total. The van der Waals surface area contributed by atoms with Crippen LogP contribution in [0.4, 0.5) is 0 Å². The molecule has 0 spiro atoms. The number of thiophene rings is 1. The van der Waals surface area contributed by atoms with E-state index in [4.69, 9.17) is 11.6 Å². The van der Waals surface area contributed by atoms with Crippen LogP contribution < -0.4 is 5.32 Å². The zero-order chi connectivity index (χ0) is 9.97. The Bertz CT molecular complexity index is 436. The largest absolute Gasteiger partial charge is 0.312 e. The van der Waals surface area contributed by atoms with Crippen molar-refractivity contribution in [2.45, 2.75) is 13.5 Å². The summed E-state index contributed by atoms with van der Waals surface area (Å²) < 4.78 is 1.27. The van der Waals surface area contributed by atoms with Crippen molar-refractivity contribution >= 4 is 33.0 Å². The number of halogens is 1. The molecule has 0 bridgehead atoms. The van der Waals surface area contributed by atoms with Crippen LogP contribution in [-0.4, -0.2) is 6.54 Å². The SMILES string of the molecule is CCNCc1cc2c(Cl)cccc2s1. The highest BCUT2D eigenvalue weighted by molar-refractivity contribution is 7.19. The maximum Gasteiger partial charge on any atom is 0.0492 e. The Morgan fingerprint density at radius 2 is 2.29 bits per heavy atom. The lowest BCUT2D eigenvalue weighted by molar-refractivity contribution is 0.736. The van der Waals surface area contributed by atoms with Gasteiger partial charge >= 0.3 is 0 Å². The number of nitrogens with one attached hydrogen (secondary N) is 1. The topological polar surface area (TPSA) is 12.0 Å². The van der Waals surface area contributed by atoms with E-state index in [9.17, 15) is 0 Å². The molecule has 3 heteroatoms. The smallest absolute Gasteiger partial charge is 0.0492 e. The molecule has 0 saturated heterocycles. The van der Waals surface area contributed by atoms with Gasteiger partial charge in [-0.05, 0) is 24.7 Å². The van der Waals surface area contributed by atoms with E-state index in [0.29, 0.717) is 0 Å². The fraction of sp³-hybridized carbons (Fsp3) is 0.273. The highest BCUT2D eigenvalue weighted by Gasteiger charge is 2.03. The standard InChI is InChI=1S/C11H12ClNS/c1-2-13-7-8-6-9-10(12)4-3-5-11(9)14-8/h3-6,13H,2,7H2,1H3. The van der Waals surface area contributed by atoms with E-state index in [2.05, 4.69) is 24.4 Å². The van der Waals surface area contributed by atoms with Gasteiger partial charge in [0, 0.05) is 26.5 Å². The van der Waals surface area contributed by atoms with Gasteiger partial charge in [-0.25, -0.2) is 0 Å². The zero-order valence-electron chi connectivity index (χ0n) is 8.01. The van der Waals surface area contributed by atoms with Crippen molar-refractivity contribution in [1.29, 1.82) is 0 Å². The molecule has 0 atom stereocenters. The van der Waals surface area contributed by atoms with Crippen LogP contribution in [0.2, 0.25) is 5.02 Å². The number of hydrogen-bond acceptors (Lipinski definition) is 2. The number of hydrogen-bond donors (Lipinski definition) is 1. The third-order valence-electron chi connectivity index (χ3n) is 2.11. The average molecular weight is 226 g/mol. The van der Waals surface area contributed by atoms with Gasteiger partial charge in [-0.2, -0.15) is 0 Å². The van der Waals surface area contributed by atoms with Gasteiger partial charge in [-0.1, -0.05) is 24.6 Å². The van der Waals surface area contributed by atoms with Gasteiger partial charge in [0.15, 0.2) is 0 Å². The van der Waals surface area contributed by atoms with Crippen LogP contribution in [0.1, 0.15) is 11.8 Å². The Kier molecular flexibility index (Phi) is 3.06. The van der Waals surface area contributed by atoms with Crippen LogP contribution in [0.15, 0.2) is 24.3 Å². The molecule has 1 aromatic heterocycles. The summed E-state index contributed by atoms with van der Waals surface area (Å²) in [7, 11) is 0. The van der Waals surface area contributed by atoms with Gasteiger partial charge in [0.2, 0.25) is 0 Å². The summed E-state index contributed by atoms with van der Waals surface area (Å²) in [5.41, 5.74) is 0. The summed E-state index contributed by atoms with van der Waals surface area (Å²) in [5, 5.41) is 5.33. The molecule has 0 radical (unpaired) electrons. The summed E-state index contributed by atoms with van der Waals surface area (Å²) in [6, 6.07) is 8.22. The molecule has 1 nitrogen and oxygen atoms in total. The molecular weight excluding hydrogens is 214 g/mol. The molecule has 14 heavy (non-hydrogen) atoms. The van der Waals surface area contributed by atoms with E-state index in [1.165, 1.54) is 15.0 Å². The average Bonchev–Trinajstić information content (AvgIpc) is 2.59. The predicted octanol–water partition coefficient (Wildman–Crippen LogP) is 3.66. The Hall–Kier alpha value is -0.570. The maximum atomic E-state index is 6.09. The van der Waals surface area contributed by atoms with Gasteiger partial charge in [-0.3, -0.25) is 0 Å². The minimum atomic E-state index is 0.849. The van der Waals surface area contributed by atoms with Gasteiger partial charge in [-0.15, -0.1) is 11.3 Å². The normalized spacial score (nSPS) is 11.0. The van der Waals surface area contributed by atoms with E-state index >= 15 is 0 Å². The summed E-state index contributed by atoms with van der Waals surface area (Å²) in [6.45, 7) is 4.05. The van der Waals surface area contributed by atoms with Gasteiger partial charge in [0.05, 0.1) is 0 Å². The van der Waals surface area contributed by atoms with Crippen molar-refractivity contribution < 1.29 is 0 Å². The van der Waals surface area contributed by atoms with Crippen molar-refractivity contribution in [3.8, 4) is 0 Å². The molecule has 0 saturated carbocycles. The number of rotatable bonds is 3. The van der Waals surface area contributed by atoms with E-state index in [-0.39, 0.29) is 0 Å². The van der Waals surface area contributed by atoms with Crippen LogP contribution in [-0.2, 0) is 6.54 Å². The van der Waals surface area contributed by atoms with Crippen molar-refractivity contribution in [3.63, 3.8) is 0 Å². The van der Waals surface area contributed by atoms with Crippen molar-refractivity contribution in [3.05, 3.63) is 34.2 Å². The van der Waals surface area contributed by atoms with Crippen molar-refractivity contribution in [1.82, 2.24) is 5.32 Å². The molecule has 0 aliphatic heterocycles. The zero-order valence-corrected chi connectivity index (χ0v) is 9.58. The minimum absolute atomic E-state index is 0.849. The molecule has 2 aromatic rings. The van der Waals surface area contributed by atoms with Gasteiger partial charge in [0.1, 0.15) is 0 Å². The third kappa shape index (κ3) is 1.92. The first-order chi connectivity index (χ1) is 6.81. The maximum absolute atomic E-state index is 6.09. The van der Waals surface area contributed by atoms with Crippen LogP contribution in [0.5, 0.6) is 0 Å². The molecule has 74 valence electrons. The quantitative estimate of drug-likeness (QED) is 0.841. The summed E-state index contributed by atoms with van der Waals surface area (Å²) in [6.07, 6.45) is 0. The highest BCUT2D eigenvalue weighted by Crippen LogP contribution is 2.30. The second-order valence-electron chi connectivity index (χ2n) is 3.14. The molecule has 1 aromatic carbocycles.